The molecule has 1 fully saturated rings. The van der Waals surface area contributed by atoms with Gasteiger partial charge in [0.2, 0.25) is 10.0 Å². The van der Waals surface area contributed by atoms with Gasteiger partial charge in [-0.15, -0.1) is 0 Å². The van der Waals surface area contributed by atoms with Crippen LogP contribution in [0.2, 0.25) is 0 Å². The molecule has 0 amide bonds. The molecule has 1 saturated heterocycles. The van der Waals surface area contributed by atoms with E-state index in [9.17, 15) is 17.2 Å². The molecule has 3 rings (SSSR count). The number of aryl methyl sites for hydroxylation is 1. The minimum Gasteiger partial charge on any atom is -0.493 e. The molecule has 1 unspecified atom stereocenters. The van der Waals surface area contributed by atoms with Gasteiger partial charge in [-0.2, -0.15) is 0 Å². The van der Waals surface area contributed by atoms with Crippen LogP contribution in [0, 0.1) is 5.92 Å². The standard InChI is InChI=1S/C20H24BrNO6S2/c21-17-6-5-16(19(13-17)28-14-15-7-10-27-11-8-15)9-12-30(25,26)22-18-3-1-2-4-20(18)29(23)24/h1-6,13,15,22H,7-12,14H2,(H,23,24). The van der Waals surface area contributed by atoms with E-state index < -0.39 is 21.1 Å². The molecule has 1 heterocycles. The zero-order valence-corrected chi connectivity index (χ0v) is 19.5. The number of rotatable bonds is 9. The molecule has 0 aliphatic carbocycles. The normalized spacial score (nSPS) is 16.2. The van der Waals surface area contributed by atoms with E-state index >= 15 is 0 Å². The van der Waals surface area contributed by atoms with E-state index in [0.717, 1.165) is 36.1 Å². The zero-order chi connectivity index (χ0) is 21.6. The summed E-state index contributed by atoms with van der Waals surface area (Å²) >= 11 is 1.15. The van der Waals surface area contributed by atoms with Gasteiger partial charge in [-0.05, 0) is 55.0 Å². The van der Waals surface area contributed by atoms with E-state index in [1.54, 1.807) is 12.1 Å². The summed E-state index contributed by atoms with van der Waals surface area (Å²) in [5.41, 5.74) is 0.889. The fraction of sp³-hybridized carbons (Fsp3) is 0.400. The summed E-state index contributed by atoms with van der Waals surface area (Å²) < 4.78 is 60.6. The zero-order valence-electron chi connectivity index (χ0n) is 16.3. The van der Waals surface area contributed by atoms with Crippen molar-refractivity contribution in [2.75, 3.05) is 30.3 Å². The van der Waals surface area contributed by atoms with Crippen molar-refractivity contribution in [2.24, 2.45) is 5.92 Å². The van der Waals surface area contributed by atoms with Crippen molar-refractivity contribution in [3.8, 4) is 5.75 Å². The van der Waals surface area contributed by atoms with E-state index in [-0.39, 0.29) is 22.8 Å². The van der Waals surface area contributed by atoms with Gasteiger partial charge in [-0.25, -0.2) is 12.6 Å². The van der Waals surface area contributed by atoms with Gasteiger partial charge in [-0.3, -0.25) is 4.72 Å². The lowest BCUT2D eigenvalue weighted by molar-refractivity contribution is 0.0496. The van der Waals surface area contributed by atoms with Gasteiger partial charge in [-0.1, -0.05) is 34.1 Å². The molecule has 0 bridgehead atoms. The molecule has 1 aliphatic heterocycles. The Hall–Kier alpha value is -1.46. The van der Waals surface area contributed by atoms with Crippen LogP contribution < -0.4 is 9.46 Å². The van der Waals surface area contributed by atoms with E-state index in [4.69, 9.17) is 9.47 Å². The molecule has 0 spiro atoms. The number of para-hydroxylation sites is 1. The van der Waals surface area contributed by atoms with E-state index in [2.05, 4.69) is 20.7 Å². The second-order valence-electron chi connectivity index (χ2n) is 7.04. The van der Waals surface area contributed by atoms with E-state index in [1.165, 1.54) is 12.1 Å². The second kappa shape index (κ2) is 10.7. The molecule has 0 aromatic heterocycles. The summed E-state index contributed by atoms with van der Waals surface area (Å²) in [5, 5.41) is 0. The maximum absolute atomic E-state index is 12.6. The molecule has 1 aliphatic rings. The third-order valence-electron chi connectivity index (χ3n) is 4.83. The molecule has 0 radical (unpaired) electrons. The lowest BCUT2D eigenvalue weighted by Gasteiger charge is -2.23. The van der Waals surface area contributed by atoms with E-state index in [1.807, 2.05) is 18.2 Å². The number of benzene rings is 2. The van der Waals surface area contributed by atoms with Crippen LogP contribution >= 0.6 is 15.9 Å². The lowest BCUT2D eigenvalue weighted by atomic mass is 10.0. The first-order valence-corrected chi connectivity index (χ1v) is 13.1. The van der Waals surface area contributed by atoms with Crippen LogP contribution in [0.4, 0.5) is 5.69 Å². The Labute approximate surface area is 187 Å². The Morgan fingerprint density at radius 1 is 1.20 bits per heavy atom. The number of hydrogen-bond donors (Lipinski definition) is 2. The van der Waals surface area contributed by atoms with Crippen molar-refractivity contribution >= 4 is 42.7 Å². The first-order valence-electron chi connectivity index (χ1n) is 9.53. The number of anilines is 1. The first kappa shape index (κ1) is 23.2. The monoisotopic (exact) mass is 517 g/mol. The second-order valence-corrected chi connectivity index (χ2v) is 10.7. The minimum atomic E-state index is -3.73. The molecule has 2 N–H and O–H groups in total. The Kier molecular flexibility index (Phi) is 8.29. The number of ether oxygens (including phenoxy) is 2. The molecular weight excluding hydrogens is 494 g/mol. The summed E-state index contributed by atoms with van der Waals surface area (Å²) in [7, 11) is -3.73. The highest BCUT2D eigenvalue weighted by Crippen LogP contribution is 2.27. The summed E-state index contributed by atoms with van der Waals surface area (Å²) in [5.74, 6) is 0.893. The van der Waals surface area contributed by atoms with Gasteiger partial charge < -0.3 is 14.0 Å². The highest BCUT2D eigenvalue weighted by Gasteiger charge is 2.18. The molecule has 10 heteroatoms. The molecule has 1 atom stereocenters. The van der Waals surface area contributed by atoms with Crippen molar-refractivity contribution in [3.63, 3.8) is 0 Å². The Balaban J connectivity index is 1.66. The fourth-order valence-corrected chi connectivity index (χ4v) is 5.17. The van der Waals surface area contributed by atoms with Crippen molar-refractivity contribution in [3.05, 3.63) is 52.5 Å². The Bertz CT molecular complexity index is 993. The molecule has 2 aromatic carbocycles. The van der Waals surface area contributed by atoms with Crippen LogP contribution in [0.5, 0.6) is 5.75 Å². The van der Waals surface area contributed by atoms with Crippen molar-refractivity contribution in [1.29, 1.82) is 0 Å². The summed E-state index contributed by atoms with van der Waals surface area (Å²) in [6.07, 6.45) is 2.15. The SMILES string of the molecule is O=S(O)c1ccccc1NS(=O)(=O)CCc1ccc(Br)cc1OCC1CCOCC1. The molecule has 164 valence electrons. The summed E-state index contributed by atoms with van der Waals surface area (Å²) in [6.45, 7) is 2.04. The van der Waals surface area contributed by atoms with Gasteiger partial charge >= 0.3 is 0 Å². The van der Waals surface area contributed by atoms with Crippen LogP contribution in [0.1, 0.15) is 18.4 Å². The number of nitrogens with one attached hydrogen (secondary N) is 1. The minimum absolute atomic E-state index is 0.0187. The smallest absolute Gasteiger partial charge is 0.233 e. The number of sulfonamides is 1. The van der Waals surface area contributed by atoms with Crippen LogP contribution in [-0.2, 0) is 32.3 Å². The average molecular weight is 518 g/mol. The van der Waals surface area contributed by atoms with Gasteiger partial charge in [0, 0.05) is 17.7 Å². The predicted molar refractivity (Wildman–Crippen MR) is 120 cm³/mol. The van der Waals surface area contributed by atoms with Crippen molar-refractivity contribution in [1.82, 2.24) is 0 Å². The maximum atomic E-state index is 12.6. The third-order valence-corrected chi connectivity index (χ3v) is 7.32. The largest absolute Gasteiger partial charge is 0.493 e. The van der Waals surface area contributed by atoms with Gasteiger partial charge in [0.1, 0.15) is 5.75 Å². The predicted octanol–water partition coefficient (Wildman–Crippen LogP) is 3.82. The Morgan fingerprint density at radius 2 is 1.93 bits per heavy atom. The molecular formula is C20H24BrNO6S2. The number of halogens is 1. The van der Waals surface area contributed by atoms with Gasteiger partial charge in [0.25, 0.3) is 0 Å². The van der Waals surface area contributed by atoms with Crippen LogP contribution in [0.15, 0.2) is 51.8 Å². The average Bonchev–Trinajstić information content (AvgIpc) is 2.72. The third kappa shape index (κ3) is 6.78. The molecule has 30 heavy (non-hydrogen) atoms. The topological polar surface area (TPSA) is 102 Å². The van der Waals surface area contributed by atoms with Gasteiger partial charge in [0.15, 0.2) is 11.1 Å². The van der Waals surface area contributed by atoms with Crippen LogP contribution in [0.3, 0.4) is 0 Å². The van der Waals surface area contributed by atoms with Crippen LogP contribution in [0.25, 0.3) is 0 Å². The molecule has 0 saturated carbocycles. The maximum Gasteiger partial charge on any atom is 0.233 e. The fourth-order valence-electron chi connectivity index (χ4n) is 3.16. The molecule has 2 aromatic rings. The summed E-state index contributed by atoms with van der Waals surface area (Å²) in [4.78, 5) is 0.0187. The first-order chi connectivity index (χ1) is 14.3. The van der Waals surface area contributed by atoms with E-state index in [0.29, 0.717) is 18.3 Å². The number of hydrogen-bond acceptors (Lipinski definition) is 5. The Morgan fingerprint density at radius 3 is 2.67 bits per heavy atom. The van der Waals surface area contributed by atoms with Crippen molar-refractivity contribution < 1.29 is 26.7 Å². The van der Waals surface area contributed by atoms with Crippen LogP contribution in [-0.4, -0.2) is 42.8 Å². The highest BCUT2D eigenvalue weighted by molar-refractivity contribution is 9.10. The highest BCUT2D eigenvalue weighted by atomic mass is 79.9. The van der Waals surface area contributed by atoms with Gasteiger partial charge in [0.05, 0.1) is 22.9 Å². The van der Waals surface area contributed by atoms with Crippen molar-refractivity contribution in [2.45, 2.75) is 24.2 Å². The molecule has 7 nitrogen and oxygen atoms in total. The summed E-state index contributed by atoms with van der Waals surface area (Å²) in [6, 6.07) is 11.6. The quantitative estimate of drug-likeness (QED) is 0.490. The lowest BCUT2D eigenvalue weighted by Crippen LogP contribution is -2.22.